The smallest absolute Gasteiger partial charge is 0.119 e. The van der Waals surface area contributed by atoms with E-state index >= 15 is 0 Å². The van der Waals surface area contributed by atoms with Crippen molar-refractivity contribution in [1.82, 2.24) is 9.78 Å². The second kappa shape index (κ2) is 8.86. The van der Waals surface area contributed by atoms with Crippen LogP contribution in [0.1, 0.15) is 30.4 Å². The number of nitrogens with zero attached hydrogens (tertiary/aromatic N) is 3. The average molecular weight is 412 g/mol. The maximum Gasteiger partial charge on any atom is 0.119 e. The predicted molar refractivity (Wildman–Crippen MR) is 121 cm³/mol. The van der Waals surface area contributed by atoms with Crippen LogP contribution in [0.5, 0.6) is 5.75 Å². The van der Waals surface area contributed by atoms with Crippen LogP contribution in [0.4, 0.5) is 0 Å². The van der Waals surface area contributed by atoms with Crippen LogP contribution < -0.4 is 4.74 Å². The fourth-order valence-corrected chi connectivity index (χ4v) is 4.42. The van der Waals surface area contributed by atoms with Crippen molar-refractivity contribution in [1.29, 1.82) is 5.26 Å². The topological polar surface area (TPSA) is 50.8 Å². The van der Waals surface area contributed by atoms with Gasteiger partial charge in [-0.05, 0) is 48.4 Å². The van der Waals surface area contributed by atoms with E-state index in [4.69, 9.17) is 10.00 Å². The van der Waals surface area contributed by atoms with Gasteiger partial charge in [-0.3, -0.25) is 4.68 Å². The largest absolute Gasteiger partial charge is 0.489 e. The number of fused-ring (bicyclic) bond motifs is 1. The molecule has 0 unspecified atom stereocenters. The van der Waals surface area contributed by atoms with Crippen molar-refractivity contribution in [2.24, 2.45) is 7.05 Å². The van der Waals surface area contributed by atoms with E-state index in [9.17, 15) is 0 Å². The van der Waals surface area contributed by atoms with Crippen LogP contribution in [-0.4, -0.2) is 9.78 Å². The summed E-state index contributed by atoms with van der Waals surface area (Å²) in [5, 5.41) is 16.7. The molecule has 5 heteroatoms. The Morgan fingerprint density at radius 3 is 2.70 bits per heavy atom. The van der Waals surface area contributed by atoms with Crippen LogP contribution in [0.15, 0.2) is 60.1 Å². The molecule has 0 N–H and O–H groups in total. The Kier molecular flexibility index (Phi) is 5.84. The monoisotopic (exact) mass is 411 g/mol. The summed E-state index contributed by atoms with van der Waals surface area (Å²) >= 11 is 1.74. The Labute approximate surface area is 180 Å². The Balaban J connectivity index is 1.50. The minimum absolute atomic E-state index is 0.0551. The quantitative estimate of drug-likeness (QED) is 0.371. The molecule has 1 atom stereocenters. The zero-order chi connectivity index (χ0) is 20.9. The van der Waals surface area contributed by atoms with Gasteiger partial charge in [-0.1, -0.05) is 24.1 Å². The van der Waals surface area contributed by atoms with Crippen molar-refractivity contribution in [3.05, 3.63) is 71.2 Å². The lowest BCUT2D eigenvalue weighted by Crippen LogP contribution is -1.98. The summed E-state index contributed by atoms with van der Waals surface area (Å²) in [5.74, 6) is 6.75. The SMILES string of the molecule is CC#C[C@@H](CC#N)c1ccc(OCc2ccc3scc(-c4ccnn4C)c3c2)cc1. The summed E-state index contributed by atoms with van der Waals surface area (Å²) in [6, 6.07) is 18.6. The first-order chi connectivity index (χ1) is 14.7. The zero-order valence-corrected chi connectivity index (χ0v) is 17.7. The highest BCUT2D eigenvalue weighted by molar-refractivity contribution is 7.17. The van der Waals surface area contributed by atoms with Gasteiger partial charge in [0.25, 0.3) is 0 Å². The minimum Gasteiger partial charge on any atom is -0.489 e. The normalized spacial score (nSPS) is 11.5. The fourth-order valence-electron chi connectivity index (χ4n) is 3.48. The van der Waals surface area contributed by atoms with Gasteiger partial charge in [0, 0.05) is 34.3 Å². The van der Waals surface area contributed by atoms with Crippen LogP contribution in [0.25, 0.3) is 21.3 Å². The van der Waals surface area contributed by atoms with Gasteiger partial charge in [-0.25, -0.2) is 0 Å². The van der Waals surface area contributed by atoms with Crippen molar-refractivity contribution in [3.63, 3.8) is 0 Å². The van der Waals surface area contributed by atoms with Gasteiger partial charge in [0.05, 0.1) is 24.1 Å². The Hall–Kier alpha value is -3.54. The van der Waals surface area contributed by atoms with E-state index in [1.54, 1.807) is 18.3 Å². The van der Waals surface area contributed by atoms with Crippen molar-refractivity contribution in [2.45, 2.75) is 25.9 Å². The lowest BCUT2D eigenvalue weighted by molar-refractivity contribution is 0.306. The van der Waals surface area contributed by atoms with Crippen molar-refractivity contribution < 1.29 is 4.74 Å². The Morgan fingerprint density at radius 2 is 2.00 bits per heavy atom. The van der Waals surface area contributed by atoms with E-state index < -0.39 is 0 Å². The molecule has 0 aliphatic carbocycles. The number of rotatable bonds is 6. The highest BCUT2D eigenvalue weighted by atomic mass is 32.1. The molecular weight excluding hydrogens is 390 g/mol. The summed E-state index contributed by atoms with van der Waals surface area (Å²) < 4.78 is 9.16. The lowest BCUT2D eigenvalue weighted by atomic mass is 9.97. The van der Waals surface area contributed by atoms with Gasteiger partial charge >= 0.3 is 0 Å². The molecule has 0 radical (unpaired) electrons. The number of hydrogen-bond donors (Lipinski definition) is 0. The molecule has 0 aliphatic heterocycles. The molecule has 0 amide bonds. The molecule has 0 saturated heterocycles. The third-order valence-corrected chi connectivity index (χ3v) is 6.00. The summed E-state index contributed by atoms with van der Waals surface area (Å²) in [6.07, 6.45) is 2.21. The highest BCUT2D eigenvalue weighted by Gasteiger charge is 2.11. The van der Waals surface area contributed by atoms with Gasteiger partial charge in [-0.15, -0.1) is 17.3 Å². The van der Waals surface area contributed by atoms with Gasteiger partial charge in [0.15, 0.2) is 0 Å². The molecule has 148 valence electrons. The first-order valence-corrected chi connectivity index (χ1v) is 10.6. The number of benzene rings is 2. The second-order valence-electron chi connectivity index (χ2n) is 6.99. The fraction of sp³-hybridized carbons (Fsp3) is 0.200. The van der Waals surface area contributed by atoms with Crippen LogP contribution in [0.2, 0.25) is 0 Å². The van der Waals surface area contributed by atoms with E-state index in [0.29, 0.717) is 13.0 Å². The number of hydrogen-bond acceptors (Lipinski definition) is 4. The number of aryl methyl sites for hydroxylation is 1. The van der Waals surface area contributed by atoms with Crippen LogP contribution >= 0.6 is 11.3 Å². The first kappa shape index (κ1) is 19.8. The molecule has 30 heavy (non-hydrogen) atoms. The van der Waals surface area contributed by atoms with Crippen molar-refractivity contribution >= 4 is 21.4 Å². The van der Waals surface area contributed by atoms with Crippen molar-refractivity contribution in [3.8, 4) is 34.9 Å². The van der Waals surface area contributed by atoms with Gasteiger partial charge < -0.3 is 4.74 Å². The molecule has 2 heterocycles. The second-order valence-corrected chi connectivity index (χ2v) is 7.90. The molecule has 2 aromatic heterocycles. The molecule has 4 nitrogen and oxygen atoms in total. The summed E-state index contributed by atoms with van der Waals surface area (Å²) in [5.41, 5.74) is 4.46. The lowest BCUT2D eigenvalue weighted by Gasteiger charge is -2.10. The van der Waals surface area contributed by atoms with Crippen LogP contribution in [0.3, 0.4) is 0 Å². The molecule has 0 aliphatic rings. The van der Waals surface area contributed by atoms with Crippen LogP contribution in [-0.2, 0) is 13.7 Å². The third kappa shape index (κ3) is 4.08. The molecule has 0 fully saturated rings. The maximum absolute atomic E-state index is 9.00. The van der Waals surface area contributed by atoms with E-state index in [1.165, 1.54) is 15.6 Å². The third-order valence-electron chi connectivity index (χ3n) is 5.04. The maximum atomic E-state index is 9.00. The Morgan fingerprint density at radius 1 is 1.17 bits per heavy atom. The van der Waals surface area contributed by atoms with Gasteiger partial charge in [0.2, 0.25) is 0 Å². The van der Waals surface area contributed by atoms with E-state index in [2.05, 4.69) is 46.6 Å². The van der Waals surface area contributed by atoms with Gasteiger partial charge in [-0.2, -0.15) is 10.4 Å². The van der Waals surface area contributed by atoms with Crippen LogP contribution in [0, 0.1) is 23.2 Å². The van der Waals surface area contributed by atoms with E-state index in [-0.39, 0.29) is 5.92 Å². The highest BCUT2D eigenvalue weighted by Crippen LogP contribution is 2.34. The number of ether oxygens (including phenoxy) is 1. The zero-order valence-electron chi connectivity index (χ0n) is 16.9. The molecule has 2 aromatic carbocycles. The number of thiophene rings is 1. The van der Waals surface area contributed by atoms with Gasteiger partial charge in [0.1, 0.15) is 12.4 Å². The van der Waals surface area contributed by atoms with E-state index in [1.807, 2.05) is 48.3 Å². The summed E-state index contributed by atoms with van der Waals surface area (Å²) in [6.45, 7) is 2.29. The molecule has 4 aromatic rings. The average Bonchev–Trinajstić information content (AvgIpc) is 3.37. The predicted octanol–water partition coefficient (Wildman–Crippen LogP) is 5.90. The van der Waals surface area contributed by atoms with Crippen molar-refractivity contribution in [2.75, 3.05) is 0 Å². The molecule has 0 spiro atoms. The minimum atomic E-state index is -0.0551. The summed E-state index contributed by atoms with van der Waals surface area (Å²) in [4.78, 5) is 0. The number of nitriles is 1. The first-order valence-electron chi connectivity index (χ1n) is 9.70. The molecular formula is C25H21N3OS. The molecule has 0 bridgehead atoms. The van der Waals surface area contributed by atoms with E-state index in [0.717, 1.165) is 22.6 Å². The molecule has 0 saturated carbocycles. The molecule has 4 rings (SSSR count). The summed E-state index contributed by atoms with van der Waals surface area (Å²) in [7, 11) is 1.96. The number of aromatic nitrogens is 2. The standard InChI is InChI=1S/C25H21N3OS/c1-3-4-19(11-13-26)20-6-8-21(9-7-20)29-16-18-5-10-25-22(15-18)23(17-30-25)24-12-14-27-28(24)2/h5-10,12,14-15,17,19H,11,16H2,1-2H3/t19-/m0/s1. The Bertz CT molecular complexity index is 1270.